The molecule has 5 heteroatoms. The van der Waals surface area contributed by atoms with Crippen LogP contribution in [-0.2, 0) is 23.7 Å². The van der Waals surface area contributed by atoms with Crippen molar-refractivity contribution in [3.05, 3.63) is 51.4 Å². The molecule has 0 bridgehead atoms. The largest absolute Gasteiger partial charge is 0.439 e. The van der Waals surface area contributed by atoms with E-state index in [0.29, 0.717) is 0 Å². The van der Waals surface area contributed by atoms with Crippen LogP contribution in [0.2, 0.25) is 0 Å². The number of ether oxygens (including phenoxy) is 5. The van der Waals surface area contributed by atoms with Gasteiger partial charge in [0.25, 0.3) is 0 Å². The van der Waals surface area contributed by atoms with Crippen LogP contribution in [0.1, 0.15) is 13.8 Å². The zero-order valence-electron chi connectivity index (χ0n) is 10.2. The van der Waals surface area contributed by atoms with Crippen LogP contribution >= 0.6 is 0 Å². The summed E-state index contributed by atoms with van der Waals surface area (Å²) in [7, 11) is 0. The van der Waals surface area contributed by atoms with Gasteiger partial charge in [-0.05, 0) is 0 Å². The normalized spacial score (nSPS) is 10.9. The summed E-state index contributed by atoms with van der Waals surface area (Å²) in [6, 6.07) is 0. The third-order valence-electron chi connectivity index (χ3n) is 1.56. The number of hydrogen-bond donors (Lipinski definition) is 0. The standard InChI is InChI=1S/C12H18O5/c1-7-13-11(5,14-8-2)17-12(6,15-9-3)16-10-4/h7-10H,1-4H2,5-6H3. The lowest BCUT2D eigenvalue weighted by molar-refractivity contribution is -0.457. The fourth-order valence-corrected chi connectivity index (χ4v) is 1.09. The Morgan fingerprint density at radius 3 is 1.06 bits per heavy atom. The molecule has 96 valence electrons. The zero-order chi connectivity index (χ0) is 13.4. The van der Waals surface area contributed by atoms with E-state index in [1.54, 1.807) is 0 Å². The quantitative estimate of drug-likeness (QED) is 0.435. The van der Waals surface area contributed by atoms with Crippen LogP contribution in [-0.4, -0.2) is 11.9 Å². The van der Waals surface area contributed by atoms with Crippen molar-refractivity contribution in [2.75, 3.05) is 0 Å². The first-order chi connectivity index (χ1) is 7.95. The van der Waals surface area contributed by atoms with E-state index in [-0.39, 0.29) is 0 Å². The van der Waals surface area contributed by atoms with Gasteiger partial charge in [0.15, 0.2) is 0 Å². The van der Waals surface area contributed by atoms with Gasteiger partial charge in [0.1, 0.15) is 0 Å². The second-order valence-electron chi connectivity index (χ2n) is 2.96. The van der Waals surface area contributed by atoms with Crippen molar-refractivity contribution in [3.8, 4) is 0 Å². The van der Waals surface area contributed by atoms with E-state index in [4.69, 9.17) is 23.7 Å². The number of hydrogen-bond acceptors (Lipinski definition) is 5. The van der Waals surface area contributed by atoms with Crippen LogP contribution < -0.4 is 0 Å². The van der Waals surface area contributed by atoms with Crippen LogP contribution in [0.3, 0.4) is 0 Å². The summed E-state index contributed by atoms with van der Waals surface area (Å²) >= 11 is 0. The lowest BCUT2D eigenvalue weighted by Gasteiger charge is -2.35. The van der Waals surface area contributed by atoms with Crippen molar-refractivity contribution in [2.24, 2.45) is 0 Å². The summed E-state index contributed by atoms with van der Waals surface area (Å²) in [5.41, 5.74) is 0. The molecular formula is C12H18O5. The van der Waals surface area contributed by atoms with Gasteiger partial charge < -0.3 is 18.9 Å². The molecular weight excluding hydrogens is 224 g/mol. The van der Waals surface area contributed by atoms with Crippen molar-refractivity contribution >= 4 is 0 Å². The minimum absolute atomic E-state index is 1.16. The Balaban J connectivity index is 4.88. The molecule has 0 aliphatic rings. The predicted octanol–water partition coefficient (Wildman–Crippen LogP) is 2.99. The Labute approximate surface area is 102 Å². The smallest absolute Gasteiger partial charge is 0.373 e. The molecule has 0 amide bonds. The topological polar surface area (TPSA) is 46.2 Å². The van der Waals surface area contributed by atoms with E-state index in [2.05, 4.69) is 26.3 Å². The molecule has 0 radical (unpaired) electrons. The van der Waals surface area contributed by atoms with Crippen LogP contribution in [0.5, 0.6) is 0 Å². The van der Waals surface area contributed by atoms with Crippen molar-refractivity contribution in [1.82, 2.24) is 0 Å². The molecule has 0 saturated heterocycles. The molecule has 17 heavy (non-hydrogen) atoms. The molecule has 0 spiro atoms. The Morgan fingerprint density at radius 2 is 0.882 bits per heavy atom. The highest BCUT2D eigenvalue weighted by atomic mass is 17.0. The highest BCUT2D eigenvalue weighted by Gasteiger charge is 2.41. The van der Waals surface area contributed by atoms with E-state index < -0.39 is 11.9 Å². The van der Waals surface area contributed by atoms with Gasteiger partial charge in [-0.1, -0.05) is 26.3 Å². The average molecular weight is 242 g/mol. The number of rotatable bonds is 10. The minimum Gasteiger partial charge on any atom is -0.439 e. The highest BCUT2D eigenvalue weighted by molar-refractivity contribution is 4.68. The average Bonchev–Trinajstić information content (AvgIpc) is 2.17. The van der Waals surface area contributed by atoms with Crippen LogP contribution in [0.15, 0.2) is 51.4 Å². The summed E-state index contributed by atoms with van der Waals surface area (Å²) in [6.45, 7) is 16.6. The predicted molar refractivity (Wildman–Crippen MR) is 63.0 cm³/mol. The third-order valence-corrected chi connectivity index (χ3v) is 1.56. The molecule has 0 fully saturated rings. The van der Waals surface area contributed by atoms with Gasteiger partial charge in [-0.25, -0.2) is 4.74 Å². The monoisotopic (exact) mass is 242 g/mol. The Hall–Kier alpha value is -1.88. The molecule has 0 unspecified atom stereocenters. The Kier molecular flexibility index (Phi) is 5.91. The second-order valence-corrected chi connectivity index (χ2v) is 2.96. The van der Waals surface area contributed by atoms with Crippen LogP contribution in [0.25, 0.3) is 0 Å². The van der Waals surface area contributed by atoms with Gasteiger partial charge in [-0.3, -0.25) is 0 Å². The summed E-state index contributed by atoms with van der Waals surface area (Å²) in [5, 5.41) is 0. The van der Waals surface area contributed by atoms with E-state index in [1.807, 2.05) is 0 Å². The fraction of sp³-hybridized carbons (Fsp3) is 0.333. The summed E-state index contributed by atoms with van der Waals surface area (Å²) in [4.78, 5) is 0. The molecule has 0 aromatic heterocycles. The maximum absolute atomic E-state index is 5.41. The van der Waals surface area contributed by atoms with Gasteiger partial charge in [0.05, 0.1) is 25.0 Å². The maximum atomic E-state index is 5.41. The van der Waals surface area contributed by atoms with Crippen molar-refractivity contribution < 1.29 is 23.7 Å². The molecule has 0 atom stereocenters. The minimum atomic E-state index is -1.50. The van der Waals surface area contributed by atoms with Crippen molar-refractivity contribution in [2.45, 2.75) is 25.8 Å². The van der Waals surface area contributed by atoms with Gasteiger partial charge in [-0.2, -0.15) is 0 Å². The first kappa shape index (κ1) is 15.1. The molecule has 0 aromatic carbocycles. The summed E-state index contributed by atoms with van der Waals surface area (Å²) in [6.07, 6.45) is 4.63. The molecule has 0 aliphatic carbocycles. The van der Waals surface area contributed by atoms with E-state index >= 15 is 0 Å². The van der Waals surface area contributed by atoms with E-state index in [9.17, 15) is 0 Å². The summed E-state index contributed by atoms with van der Waals surface area (Å²) < 4.78 is 25.7. The highest BCUT2D eigenvalue weighted by Crippen LogP contribution is 2.26. The van der Waals surface area contributed by atoms with Gasteiger partial charge in [0.2, 0.25) is 0 Å². The van der Waals surface area contributed by atoms with Crippen molar-refractivity contribution in [3.63, 3.8) is 0 Å². The lowest BCUT2D eigenvalue weighted by Crippen LogP contribution is -2.45. The molecule has 0 rings (SSSR count). The first-order valence-electron chi connectivity index (χ1n) is 4.80. The second kappa shape index (κ2) is 6.65. The van der Waals surface area contributed by atoms with Crippen LogP contribution in [0, 0.1) is 0 Å². The maximum Gasteiger partial charge on any atom is 0.373 e. The van der Waals surface area contributed by atoms with Crippen molar-refractivity contribution in [1.29, 1.82) is 0 Å². The summed E-state index contributed by atoms with van der Waals surface area (Å²) in [5.74, 6) is -2.99. The lowest BCUT2D eigenvalue weighted by atomic mass is 10.5. The molecule has 0 saturated carbocycles. The fourth-order valence-electron chi connectivity index (χ4n) is 1.09. The Bertz CT molecular complexity index is 237. The molecule has 5 nitrogen and oxygen atoms in total. The molecule has 0 aliphatic heterocycles. The Morgan fingerprint density at radius 1 is 0.647 bits per heavy atom. The van der Waals surface area contributed by atoms with Crippen LogP contribution in [0.4, 0.5) is 0 Å². The van der Waals surface area contributed by atoms with E-state index in [0.717, 1.165) is 25.0 Å². The van der Waals surface area contributed by atoms with E-state index in [1.165, 1.54) is 13.8 Å². The SMILES string of the molecule is C=COC(C)(OC=C)OC(C)(OC=C)OC=C. The third kappa shape index (κ3) is 5.12. The molecule has 0 heterocycles. The first-order valence-corrected chi connectivity index (χ1v) is 4.80. The zero-order valence-corrected chi connectivity index (χ0v) is 10.2. The molecule has 0 N–H and O–H groups in total. The van der Waals surface area contributed by atoms with Gasteiger partial charge >= 0.3 is 11.9 Å². The van der Waals surface area contributed by atoms with Gasteiger partial charge in [0, 0.05) is 13.8 Å². The molecule has 0 aromatic rings. The van der Waals surface area contributed by atoms with Gasteiger partial charge in [-0.15, -0.1) is 0 Å².